The van der Waals surface area contributed by atoms with Crippen LogP contribution in [-0.4, -0.2) is 5.11 Å². The highest BCUT2D eigenvalue weighted by atomic mass is 16.3. The van der Waals surface area contributed by atoms with Crippen molar-refractivity contribution in [2.45, 2.75) is 83.2 Å². The second-order valence-electron chi connectivity index (χ2n) is 8.29. The van der Waals surface area contributed by atoms with Crippen molar-refractivity contribution in [3.05, 3.63) is 34.4 Å². The predicted octanol–water partition coefficient (Wildman–Crippen LogP) is 4.97. The van der Waals surface area contributed by atoms with E-state index in [9.17, 15) is 5.11 Å². The topological polar surface area (TPSA) is 20.2 Å². The van der Waals surface area contributed by atoms with Gasteiger partial charge in [0.25, 0.3) is 0 Å². The molecule has 1 aromatic carbocycles. The van der Waals surface area contributed by atoms with Gasteiger partial charge in [0.1, 0.15) is 0 Å². The van der Waals surface area contributed by atoms with Crippen molar-refractivity contribution in [3.63, 3.8) is 0 Å². The molecule has 3 rings (SSSR count). The Morgan fingerprint density at radius 2 is 1.40 bits per heavy atom. The minimum absolute atomic E-state index is 0.236. The molecule has 2 aliphatic carbocycles. The van der Waals surface area contributed by atoms with E-state index in [0.717, 1.165) is 12.8 Å². The fraction of sp³-hybridized carbons (Fsp3) is 0.684. The highest BCUT2D eigenvalue weighted by molar-refractivity contribution is 5.49. The summed E-state index contributed by atoms with van der Waals surface area (Å²) in [6, 6.07) is 4.77. The number of rotatable bonds is 0. The van der Waals surface area contributed by atoms with E-state index < -0.39 is 0 Å². The Hall–Kier alpha value is -0.820. The van der Waals surface area contributed by atoms with Gasteiger partial charge >= 0.3 is 0 Å². The Morgan fingerprint density at radius 1 is 0.900 bits per heavy atom. The number of aliphatic hydroxyl groups excluding tert-OH is 1. The highest BCUT2D eigenvalue weighted by Gasteiger charge is 2.39. The zero-order valence-corrected chi connectivity index (χ0v) is 13.6. The van der Waals surface area contributed by atoms with E-state index in [1.807, 2.05) is 0 Å². The van der Waals surface area contributed by atoms with E-state index in [4.69, 9.17) is 0 Å². The van der Waals surface area contributed by atoms with E-state index in [0.29, 0.717) is 5.92 Å². The maximum absolute atomic E-state index is 10.4. The lowest BCUT2D eigenvalue weighted by atomic mass is 9.61. The molecule has 20 heavy (non-hydrogen) atoms. The molecule has 0 fully saturated rings. The Balaban J connectivity index is 2.25. The molecule has 0 amide bonds. The van der Waals surface area contributed by atoms with Crippen LogP contribution in [0.3, 0.4) is 0 Å². The third-order valence-electron chi connectivity index (χ3n) is 5.82. The quantitative estimate of drug-likeness (QED) is 0.707. The van der Waals surface area contributed by atoms with Crippen molar-refractivity contribution < 1.29 is 5.11 Å². The Kier molecular flexibility index (Phi) is 3.06. The largest absolute Gasteiger partial charge is 0.388 e. The van der Waals surface area contributed by atoms with E-state index in [-0.39, 0.29) is 16.9 Å². The molecule has 0 saturated carbocycles. The number of aliphatic hydroxyl groups is 1. The third-order valence-corrected chi connectivity index (χ3v) is 5.82. The lowest BCUT2D eigenvalue weighted by molar-refractivity contribution is 0.151. The first-order chi connectivity index (χ1) is 9.22. The number of hydrogen-bond acceptors (Lipinski definition) is 1. The van der Waals surface area contributed by atoms with Crippen LogP contribution in [-0.2, 0) is 10.8 Å². The minimum Gasteiger partial charge on any atom is -0.388 e. The van der Waals surface area contributed by atoms with Gasteiger partial charge in [0.15, 0.2) is 0 Å². The summed E-state index contributed by atoms with van der Waals surface area (Å²) in [5.74, 6) is 0.583. The van der Waals surface area contributed by atoms with Gasteiger partial charge in [-0.05, 0) is 64.7 Å². The van der Waals surface area contributed by atoms with Crippen molar-refractivity contribution >= 4 is 0 Å². The Bertz CT molecular complexity index is 490. The van der Waals surface area contributed by atoms with Gasteiger partial charge in [0, 0.05) is 0 Å². The molecular formula is C19H28O. The zero-order valence-electron chi connectivity index (χ0n) is 13.6. The summed E-state index contributed by atoms with van der Waals surface area (Å²) in [5, 5.41) is 10.4. The molecule has 0 radical (unpaired) electrons. The van der Waals surface area contributed by atoms with Crippen LogP contribution in [0.2, 0.25) is 0 Å². The molecule has 0 saturated heterocycles. The molecule has 1 N–H and O–H groups in total. The van der Waals surface area contributed by atoms with Crippen LogP contribution in [0.25, 0.3) is 0 Å². The number of hydrogen-bond donors (Lipinski definition) is 1. The molecule has 1 heteroatoms. The van der Waals surface area contributed by atoms with E-state index in [1.165, 1.54) is 35.1 Å². The normalized spacial score (nSPS) is 30.5. The molecule has 1 aromatic rings. The van der Waals surface area contributed by atoms with E-state index in [2.05, 4.69) is 46.8 Å². The monoisotopic (exact) mass is 272 g/mol. The third kappa shape index (κ3) is 2.02. The van der Waals surface area contributed by atoms with Crippen LogP contribution >= 0.6 is 0 Å². The second-order valence-corrected chi connectivity index (χ2v) is 8.29. The molecule has 0 aromatic heterocycles. The maximum atomic E-state index is 10.4. The standard InChI is InChI=1S/C19H28O/c1-12-6-7-17(20)14-11-16-15(10-13(12)14)18(2,3)8-9-19(16,4)5/h10-12,17,20H,6-9H2,1-5H3. The van der Waals surface area contributed by atoms with Crippen molar-refractivity contribution in [1.29, 1.82) is 0 Å². The van der Waals surface area contributed by atoms with Crippen LogP contribution in [0.5, 0.6) is 0 Å². The molecule has 2 unspecified atom stereocenters. The van der Waals surface area contributed by atoms with E-state index >= 15 is 0 Å². The molecule has 0 aliphatic heterocycles. The molecule has 2 atom stereocenters. The van der Waals surface area contributed by atoms with Gasteiger partial charge < -0.3 is 5.11 Å². The van der Waals surface area contributed by atoms with Gasteiger partial charge in [-0.3, -0.25) is 0 Å². The first-order valence-corrected chi connectivity index (χ1v) is 8.09. The first-order valence-electron chi connectivity index (χ1n) is 8.09. The summed E-state index contributed by atoms with van der Waals surface area (Å²) in [6.45, 7) is 11.8. The van der Waals surface area contributed by atoms with Gasteiger partial charge in [-0.2, -0.15) is 0 Å². The zero-order chi connectivity index (χ0) is 14.7. The van der Waals surface area contributed by atoms with Crippen LogP contribution < -0.4 is 0 Å². The van der Waals surface area contributed by atoms with Gasteiger partial charge in [-0.25, -0.2) is 0 Å². The van der Waals surface area contributed by atoms with Gasteiger partial charge in [-0.1, -0.05) is 46.8 Å². The fourth-order valence-corrected chi connectivity index (χ4v) is 4.08. The lowest BCUT2D eigenvalue weighted by Crippen LogP contribution is -2.34. The van der Waals surface area contributed by atoms with Crippen LogP contribution in [0.1, 0.15) is 94.6 Å². The fourth-order valence-electron chi connectivity index (χ4n) is 4.08. The molecule has 1 nitrogen and oxygen atoms in total. The van der Waals surface area contributed by atoms with Gasteiger partial charge in [0.2, 0.25) is 0 Å². The number of fused-ring (bicyclic) bond motifs is 2. The summed E-state index contributed by atoms with van der Waals surface area (Å²) in [7, 11) is 0. The summed E-state index contributed by atoms with van der Waals surface area (Å²) in [4.78, 5) is 0. The van der Waals surface area contributed by atoms with Gasteiger partial charge in [0.05, 0.1) is 6.10 Å². The molecule has 0 spiro atoms. The van der Waals surface area contributed by atoms with Crippen molar-refractivity contribution in [3.8, 4) is 0 Å². The number of benzene rings is 1. The maximum Gasteiger partial charge on any atom is 0.0793 e. The van der Waals surface area contributed by atoms with Crippen LogP contribution in [0.4, 0.5) is 0 Å². The molecule has 2 aliphatic rings. The second kappa shape index (κ2) is 4.34. The molecule has 0 heterocycles. The average Bonchev–Trinajstić information content (AvgIpc) is 2.39. The Morgan fingerprint density at radius 3 is 1.95 bits per heavy atom. The van der Waals surface area contributed by atoms with Crippen molar-refractivity contribution in [2.75, 3.05) is 0 Å². The first kappa shape index (κ1) is 14.1. The van der Waals surface area contributed by atoms with Crippen LogP contribution in [0.15, 0.2) is 12.1 Å². The van der Waals surface area contributed by atoms with Gasteiger partial charge in [-0.15, -0.1) is 0 Å². The molecule has 110 valence electrons. The SMILES string of the molecule is CC1CCC(O)c2cc3c(cc21)C(C)(C)CCC3(C)C. The van der Waals surface area contributed by atoms with Crippen LogP contribution in [0, 0.1) is 0 Å². The predicted molar refractivity (Wildman–Crippen MR) is 84.3 cm³/mol. The summed E-state index contributed by atoms with van der Waals surface area (Å²) in [6.07, 6.45) is 4.25. The van der Waals surface area contributed by atoms with Crippen molar-refractivity contribution in [2.24, 2.45) is 0 Å². The lowest BCUT2D eigenvalue weighted by Gasteiger charge is -2.43. The average molecular weight is 272 g/mol. The highest BCUT2D eigenvalue weighted by Crippen LogP contribution is 2.49. The smallest absolute Gasteiger partial charge is 0.0793 e. The summed E-state index contributed by atoms with van der Waals surface area (Å²) >= 11 is 0. The molecular weight excluding hydrogens is 244 g/mol. The summed E-state index contributed by atoms with van der Waals surface area (Å²) in [5.41, 5.74) is 6.10. The molecule has 0 bridgehead atoms. The van der Waals surface area contributed by atoms with E-state index in [1.54, 1.807) is 0 Å². The minimum atomic E-state index is -0.257. The summed E-state index contributed by atoms with van der Waals surface area (Å²) < 4.78 is 0. The van der Waals surface area contributed by atoms with Crippen molar-refractivity contribution in [1.82, 2.24) is 0 Å². The Labute approximate surface area is 123 Å².